The summed E-state index contributed by atoms with van der Waals surface area (Å²) < 4.78 is 0.313. The Bertz CT molecular complexity index is 478. The fourth-order valence-corrected chi connectivity index (χ4v) is 3.59. The monoisotopic (exact) mass is 329 g/mol. The van der Waals surface area contributed by atoms with Crippen LogP contribution >= 0.6 is 23.4 Å². The van der Waals surface area contributed by atoms with E-state index in [0.29, 0.717) is 16.6 Å². The minimum atomic E-state index is 0.276. The van der Waals surface area contributed by atoms with Crippen LogP contribution in [0.2, 0.25) is 5.28 Å². The first kappa shape index (κ1) is 16.6. The standard InChI is InChI=1S/C14H24ClN5S/c1-5-19(6-2)12-16-11(15)17-13(18-12)20-8-7-14(3,4)21-10-9-20/h5-10H2,1-4H3. The third-order valence-corrected chi connectivity index (χ3v) is 5.29. The van der Waals surface area contributed by atoms with E-state index in [0.717, 1.165) is 38.4 Å². The van der Waals surface area contributed by atoms with E-state index in [2.05, 4.69) is 52.4 Å². The molecule has 0 spiro atoms. The summed E-state index contributed by atoms with van der Waals surface area (Å²) in [7, 11) is 0. The Kier molecular flexibility index (Phi) is 5.54. The predicted molar refractivity (Wildman–Crippen MR) is 91.8 cm³/mol. The summed E-state index contributed by atoms with van der Waals surface area (Å²) in [5.74, 6) is 2.46. The van der Waals surface area contributed by atoms with Crippen molar-refractivity contribution in [2.24, 2.45) is 0 Å². The first-order valence-electron chi connectivity index (χ1n) is 7.50. The summed E-state index contributed by atoms with van der Waals surface area (Å²) in [4.78, 5) is 17.5. The molecule has 1 aromatic heterocycles. The zero-order valence-electron chi connectivity index (χ0n) is 13.3. The smallest absolute Gasteiger partial charge is 0.231 e. The van der Waals surface area contributed by atoms with Gasteiger partial charge in [-0.15, -0.1) is 0 Å². The molecule has 1 aliphatic rings. The maximum Gasteiger partial charge on any atom is 0.231 e. The van der Waals surface area contributed by atoms with Crippen molar-refractivity contribution in [3.63, 3.8) is 0 Å². The van der Waals surface area contributed by atoms with Gasteiger partial charge in [0.1, 0.15) is 0 Å². The van der Waals surface area contributed by atoms with Gasteiger partial charge in [-0.2, -0.15) is 26.7 Å². The minimum Gasteiger partial charge on any atom is -0.341 e. The van der Waals surface area contributed by atoms with Crippen LogP contribution in [0.4, 0.5) is 11.9 Å². The van der Waals surface area contributed by atoms with Gasteiger partial charge >= 0.3 is 0 Å². The summed E-state index contributed by atoms with van der Waals surface area (Å²) in [6, 6.07) is 0. The van der Waals surface area contributed by atoms with Crippen LogP contribution in [0.1, 0.15) is 34.1 Å². The van der Waals surface area contributed by atoms with Crippen molar-refractivity contribution in [3.8, 4) is 0 Å². The van der Waals surface area contributed by atoms with Crippen molar-refractivity contribution in [2.75, 3.05) is 41.7 Å². The zero-order valence-corrected chi connectivity index (χ0v) is 14.8. The van der Waals surface area contributed by atoms with Gasteiger partial charge in [-0.05, 0) is 31.9 Å². The summed E-state index contributed by atoms with van der Waals surface area (Å²) in [5, 5.41) is 0.276. The lowest BCUT2D eigenvalue weighted by atomic mass is 10.1. The Morgan fingerprint density at radius 2 is 1.90 bits per heavy atom. The molecule has 2 rings (SSSR count). The highest BCUT2D eigenvalue weighted by atomic mass is 35.5. The molecule has 0 aliphatic carbocycles. The lowest BCUT2D eigenvalue weighted by molar-refractivity contribution is 0.630. The Morgan fingerprint density at radius 3 is 2.57 bits per heavy atom. The summed E-state index contributed by atoms with van der Waals surface area (Å²) in [6.45, 7) is 12.4. The molecule has 21 heavy (non-hydrogen) atoms. The molecule has 0 saturated carbocycles. The van der Waals surface area contributed by atoms with Gasteiger partial charge in [-0.1, -0.05) is 13.8 Å². The van der Waals surface area contributed by atoms with Crippen molar-refractivity contribution in [1.29, 1.82) is 0 Å². The number of rotatable bonds is 4. The van der Waals surface area contributed by atoms with Gasteiger partial charge in [-0.3, -0.25) is 0 Å². The topological polar surface area (TPSA) is 45.2 Å². The fourth-order valence-electron chi connectivity index (χ4n) is 2.34. The maximum atomic E-state index is 6.10. The average molecular weight is 330 g/mol. The third-order valence-electron chi connectivity index (χ3n) is 3.75. The molecule has 118 valence electrons. The fraction of sp³-hybridized carbons (Fsp3) is 0.786. The summed E-state index contributed by atoms with van der Waals surface area (Å²) in [6.07, 6.45) is 1.11. The van der Waals surface area contributed by atoms with E-state index >= 15 is 0 Å². The van der Waals surface area contributed by atoms with E-state index in [1.54, 1.807) is 0 Å². The maximum absolute atomic E-state index is 6.10. The minimum absolute atomic E-state index is 0.276. The van der Waals surface area contributed by atoms with E-state index in [4.69, 9.17) is 11.6 Å². The first-order chi connectivity index (χ1) is 9.95. The van der Waals surface area contributed by atoms with Crippen LogP contribution in [0, 0.1) is 0 Å². The molecule has 0 atom stereocenters. The number of aromatic nitrogens is 3. The van der Waals surface area contributed by atoms with Gasteiger partial charge in [0.05, 0.1) is 0 Å². The molecule has 5 nitrogen and oxygen atoms in total. The highest BCUT2D eigenvalue weighted by Crippen LogP contribution is 2.31. The van der Waals surface area contributed by atoms with E-state index in [1.165, 1.54) is 0 Å². The Hall–Kier alpha value is -0.750. The van der Waals surface area contributed by atoms with Gasteiger partial charge in [0.15, 0.2) is 0 Å². The summed E-state index contributed by atoms with van der Waals surface area (Å²) in [5.41, 5.74) is 0. The van der Waals surface area contributed by atoms with Gasteiger partial charge in [0, 0.05) is 36.7 Å². The molecule has 0 amide bonds. The summed E-state index contributed by atoms with van der Waals surface area (Å²) >= 11 is 8.11. The van der Waals surface area contributed by atoms with Crippen LogP contribution in [0.3, 0.4) is 0 Å². The van der Waals surface area contributed by atoms with Crippen LogP contribution in [0.5, 0.6) is 0 Å². The first-order valence-corrected chi connectivity index (χ1v) is 8.87. The van der Waals surface area contributed by atoms with E-state index in [-0.39, 0.29) is 5.28 Å². The molecular formula is C14H24ClN5S. The molecule has 0 bridgehead atoms. The molecule has 0 unspecified atom stereocenters. The highest BCUT2D eigenvalue weighted by Gasteiger charge is 2.25. The van der Waals surface area contributed by atoms with Crippen LogP contribution in [-0.4, -0.2) is 51.6 Å². The second kappa shape index (κ2) is 7.01. The molecule has 1 saturated heterocycles. The van der Waals surface area contributed by atoms with Crippen LogP contribution in [-0.2, 0) is 0 Å². The third kappa shape index (κ3) is 4.36. The predicted octanol–water partition coefficient (Wildman–Crippen LogP) is 3.09. The SMILES string of the molecule is CCN(CC)c1nc(Cl)nc(N2CCSC(C)(C)CC2)n1. The molecule has 7 heteroatoms. The average Bonchev–Trinajstić information content (AvgIpc) is 2.60. The highest BCUT2D eigenvalue weighted by molar-refractivity contribution is 8.00. The second-order valence-corrected chi connectivity index (χ2v) is 7.86. The number of nitrogens with zero attached hydrogens (tertiary/aromatic N) is 5. The molecule has 0 N–H and O–H groups in total. The molecule has 1 fully saturated rings. The van der Waals surface area contributed by atoms with Crippen molar-refractivity contribution >= 4 is 35.3 Å². The Labute approximate surface area is 136 Å². The molecular weight excluding hydrogens is 306 g/mol. The number of hydrogen-bond donors (Lipinski definition) is 0. The van der Waals surface area contributed by atoms with Gasteiger partial charge in [0.25, 0.3) is 0 Å². The largest absolute Gasteiger partial charge is 0.341 e. The number of halogens is 1. The molecule has 2 heterocycles. The number of anilines is 2. The molecule has 0 radical (unpaired) electrons. The Balaban J connectivity index is 2.23. The molecule has 1 aromatic rings. The van der Waals surface area contributed by atoms with Gasteiger partial charge in [-0.25, -0.2) is 0 Å². The van der Waals surface area contributed by atoms with Crippen LogP contribution < -0.4 is 9.80 Å². The van der Waals surface area contributed by atoms with Crippen LogP contribution in [0.25, 0.3) is 0 Å². The lowest BCUT2D eigenvalue weighted by Crippen LogP contribution is -2.31. The van der Waals surface area contributed by atoms with Crippen molar-refractivity contribution in [2.45, 2.75) is 38.9 Å². The van der Waals surface area contributed by atoms with Crippen LogP contribution in [0.15, 0.2) is 0 Å². The zero-order chi connectivity index (χ0) is 15.5. The molecule has 1 aliphatic heterocycles. The molecule has 0 aromatic carbocycles. The van der Waals surface area contributed by atoms with E-state index < -0.39 is 0 Å². The van der Waals surface area contributed by atoms with Crippen molar-refractivity contribution in [3.05, 3.63) is 5.28 Å². The van der Waals surface area contributed by atoms with E-state index in [9.17, 15) is 0 Å². The quantitative estimate of drug-likeness (QED) is 0.845. The van der Waals surface area contributed by atoms with E-state index in [1.807, 2.05) is 11.8 Å². The number of thioether (sulfide) groups is 1. The van der Waals surface area contributed by atoms with Crippen molar-refractivity contribution < 1.29 is 0 Å². The van der Waals surface area contributed by atoms with Gasteiger partial charge < -0.3 is 9.80 Å². The second-order valence-electron chi connectivity index (χ2n) is 5.72. The lowest BCUT2D eigenvalue weighted by Gasteiger charge is -2.24. The normalized spacial score (nSPS) is 18.4. The van der Waals surface area contributed by atoms with Gasteiger partial charge in [0.2, 0.25) is 17.2 Å². The number of hydrogen-bond acceptors (Lipinski definition) is 6. The van der Waals surface area contributed by atoms with Crippen molar-refractivity contribution in [1.82, 2.24) is 15.0 Å². The Morgan fingerprint density at radius 1 is 1.19 bits per heavy atom.